The smallest absolute Gasteiger partial charge is 0.239 e. The van der Waals surface area contributed by atoms with Crippen molar-refractivity contribution in [2.45, 2.75) is 56.7 Å². The third kappa shape index (κ3) is 2.16. The van der Waals surface area contributed by atoms with Gasteiger partial charge in [0.1, 0.15) is 0 Å². The predicted molar refractivity (Wildman–Crippen MR) is 71.4 cm³/mol. The second-order valence-electron chi connectivity index (χ2n) is 6.07. The average molecular weight is 251 g/mol. The molecular weight excluding hydrogens is 226 g/mol. The van der Waals surface area contributed by atoms with Crippen LogP contribution in [-0.4, -0.2) is 60.5 Å². The summed E-state index contributed by atoms with van der Waals surface area (Å²) in [6.07, 6.45) is 7.47. The lowest BCUT2D eigenvalue weighted by Crippen LogP contribution is -2.55. The molecular formula is C14H25N3O. The lowest BCUT2D eigenvalue weighted by atomic mass is 9.92. The summed E-state index contributed by atoms with van der Waals surface area (Å²) >= 11 is 0. The predicted octanol–water partition coefficient (Wildman–Crippen LogP) is 0.824. The first-order valence-corrected chi connectivity index (χ1v) is 7.51. The Morgan fingerprint density at radius 3 is 2.67 bits per heavy atom. The van der Waals surface area contributed by atoms with E-state index in [0.29, 0.717) is 18.0 Å². The zero-order valence-electron chi connectivity index (χ0n) is 11.4. The molecule has 3 aliphatic heterocycles. The first kappa shape index (κ1) is 12.4. The highest BCUT2D eigenvalue weighted by Crippen LogP contribution is 2.29. The van der Waals surface area contributed by atoms with Crippen LogP contribution in [0, 0.1) is 0 Å². The standard InChI is InChI=1S/C14H25N3O/c1-16-10-7-13(14(16)18)17-9-3-2-6-12(17)11-5-4-8-15-11/h11-13,15H,2-10H2,1H3. The summed E-state index contributed by atoms with van der Waals surface area (Å²) in [6.45, 7) is 3.21. The number of rotatable bonds is 2. The van der Waals surface area contributed by atoms with Crippen molar-refractivity contribution in [2.75, 3.05) is 26.7 Å². The van der Waals surface area contributed by atoms with Gasteiger partial charge in [-0.2, -0.15) is 0 Å². The minimum atomic E-state index is 0.169. The van der Waals surface area contributed by atoms with Crippen LogP contribution in [0.3, 0.4) is 0 Å². The minimum absolute atomic E-state index is 0.169. The Morgan fingerprint density at radius 2 is 2.00 bits per heavy atom. The van der Waals surface area contributed by atoms with Gasteiger partial charge in [0.05, 0.1) is 6.04 Å². The van der Waals surface area contributed by atoms with E-state index in [1.807, 2.05) is 11.9 Å². The summed E-state index contributed by atoms with van der Waals surface area (Å²) in [5, 5.41) is 3.64. The van der Waals surface area contributed by atoms with Crippen molar-refractivity contribution in [2.24, 2.45) is 0 Å². The number of likely N-dealkylation sites (tertiary alicyclic amines) is 2. The van der Waals surface area contributed by atoms with Crippen molar-refractivity contribution >= 4 is 5.91 Å². The van der Waals surface area contributed by atoms with E-state index in [1.165, 1.54) is 32.1 Å². The van der Waals surface area contributed by atoms with Gasteiger partial charge in [-0.05, 0) is 45.2 Å². The van der Waals surface area contributed by atoms with Crippen LogP contribution in [0.2, 0.25) is 0 Å². The van der Waals surface area contributed by atoms with Crippen LogP contribution in [0.1, 0.15) is 38.5 Å². The first-order valence-electron chi connectivity index (χ1n) is 7.51. The van der Waals surface area contributed by atoms with E-state index in [2.05, 4.69) is 10.2 Å². The molecule has 3 aliphatic rings. The highest BCUT2D eigenvalue weighted by atomic mass is 16.2. The lowest BCUT2D eigenvalue weighted by molar-refractivity contribution is -0.132. The zero-order valence-corrected chi connectivity index (χ0v) is 11.4. The molecule has 0 bridgehead atoms. The number of hydrogen-bond acceptors (Lipinski definition) is 3. The Bertz CT molecular complexity index is 314. The van der Waals surface area contributed by atoms with Crippen LogP contribution in [0.25, 0.3) is 0 Å². The number of amides is 1. The van der Waals surface area contributed by atoms with Crippen molar-refractivity contribution in [1.82, 2.24) is 15.1 Å². The van der Waals surface area contributed by atoms with Crippen LogP contribution >= 0.6 is 0 Å². The van der Waals surface area contributed by atoms with Gasteiger partial charge in [0.25, 0.3) is 0 Å². The normalized spacial score (nSPS) is 38.6. The summed E-state index contributed by atoms with van der Waals surface area (Å²) in [7, 11) is 1.94. The number of likely N-dealkylation sites (N-methyl/N-ethyl adjacent to an activating group) is 1. The van der Waals surface area contributed by atoms with Gasteiger partial charge in [0.2, 0.25) is 5.91 Å². The van der Waals surface area contributed by atoms with Gasteiger partial charge in [-0.1, -0.05) is 6.42 Å². The van der Waals surface area contributed by atoms with E-state index in [-0.39, 0.29) is 6.04 Å². The van der Waals surface area contributed by atoms with Crippen LogP contribution in [0.4, 0.5) is 0 Å². The number of carbonyl (C=O) groups excluding carboxylic acids is 1. The molecule has 3 unspecified atom stereocenters. The maximum absolute atomic E-state index is 12.2. The Morgan fingerprint density at radius 1 is 1.11 bits per heavy atom. The van der Waals surface area contributed by atoms with E-state index in [0.717, 1.165) is 26.1 Å². The average Bonchev–Trinajstić information content (AvgIpc) is 3.02. The fourth-order valence-corrected chi connectivity index (χ4v) is 3.95. The topological polar surface area (TPSA) is 35.6 Å². The highest BCUT2D eigenvalue weighted by Gasteiger charge is 2.41. The van der Waals surface area contributed by atoms with Crippen LogP contribution in [0.15, 0.2) is 0 Å². The van der Waals surface area contributed by atoms with Crippen LogP contribution in [-0.2, 0) is 4.79 Å². The Kier molecular flexibility index (Phi) is 3.57. The Balaban J connectivity index is 1.73. The molecule has 1 N–H and O–H groups in total. The second kappa shape index (κ2) is 5.17. The fraction of sp³-hybridized carbons (Fsp3) is 0.929. The molecule has 102 valence electrons. The summed E-state index contributed by atoms with van der Waals surface area (Å²) < 4.78 is 0. The van der Waals surface area contributed by atoms with Gasteiger partial charge in [-0.3, -0.25) is 9.69 Å². The highest BCUT2D eigenvalue weighted by molar-refractivity contribution is 5.83. The molecule has 18 heavy (non-hydrogen) atoms. The lowest BCUT2D eigenvalue weighted by Gasteiger charge is -2.42. The zero-order chi connectivity index (χ0) is 12.5. The minimum Gasteiger partial charge on any atom is -0.344 e. The monoisotopic (exact) mass is 251 g/mol. The molecule has 1 amide bonds. The molecule has 0 radical (unpaired) electrons. The number of carbonyl (C=O) groups is 1. The summed E-state index contributed by atoms with van der Waals surface area (Å²) in [5.41, 5.74) is 0. The maximum atomic E-state index is 12.2. The van der Waals surface area contributed by atoms with Gasteiger partial charge in [0, 0.05) is 25.7 Å². The quantitative estimate of drug-likeness (QED) is 0.789. The molecule has 3 saturated heterocycles. The number of hydrogen-bond donors (Lipinski definition) is 1. The van der Waals surface area contributed by atoms with Gasteiger partial charge < -0.3 is 10.2 Å². The number of nitrogens with zero attached hydrogens (tertiary/aromatic N) is 2. The molecule has 0 spiro atoms. The first-order chi connectivity index (χ1) is 8.77. The van der Waals surface area contributed by atoms with Crippen molar-refractivity contribution in [3.05, 3.63) is 0 Å². The van der Waals surface area contributed by atoms with Gasteiger partial charge in [0.15, 0.2) is 0 Å². The molecule has 4 nitrogen and oxygen atoms in total. The molecule has 0 aromatic carbocycles. The van der Waals surface area contributed by atoms with E-state index in [9.17, 15) is 4.79 Å². The number of nitrogens with one attached hydrogen (secondary N) is 1. The van der Waals surface area contributed by atoms with Crippen molar-refractivity contribution in [3.63, 3.8) is 0 Å². The van der Waals surface area contributed by atoms with Crippen molar-refractivity contribution < 1.29 is 4.79 Å². The van der Waals surface area contributed by atoms with E-state index in [4.69, 9.17) is 0 Å². The third-order valence-corrected chi connectivity index (χ3v) is 4.95. The van der Waals surface area contributed by atoms with Crippen molar-refractivity contribution in [1.29, 1.82) is 0 Å². The largest absolute Gasteiger partial charge is 0.344 e. The van der Waals surface area contributed by atoms with E-state index in [1.54, 1.807) is 0 Å². The Labute approximate surface area is 110 Å². The van der Waals surface area contributed by atoms with E-state index >= 15 is 0 Å². The van der Waals surface area contributed by atoms with Crippen molar-refractivity contribution in [3.8, 4) is 0 Å². The summed E-state index contributed by atoms with van der Waals surface area (Å²) in [4.78, 5) is 16.7. The molecule has 3 heterocycles. The molecule has 0 aliphatic carbocycles. The molecule has 0 aromatic heterocycles. The van der Waals surface area contributed by atoms with Crippen LogP contribution < -0.4 is 5.32 Å². The van der Waals surface area contributed by atoms with Gasteiger partial charge >= 0.3 is 0 Å². The van der Waals surface area contributed by atoms with Crippen LogP contribution in [0.5, 0.6) is 0 Å². The SMILES string of the molecule is CN1CCC(N2CCCCC2C2CCCN2)C1=O. The fourth-order valence-electron chi connectivity index (χ4n) is 3.95. The molecule has 3 atom stereocenters. The molecule has 0 saturated carbocycles. The summed E-state index contributed by atoms with van der Waals surface area (Å²) in [5.74, 6) is 0.347. The molecule has 0 aromatic rings. The molecule has 3 fully saturated rings. The molecule has 3 rings (SSSR count). The van der Waals surface area contributed by atoms with E-state index < -0.39 is 0 Å². The van der Waals surface area contributed by atoms with Gasteiger partial charge in [-0.15, -0.1) is 0 Å². The Hall–Kier alpha value is -0.610. The third-order valence-electron chi connectivity index (χ3n) is 4.95. The number of piperidine rings is 1. The molecule has 4 heteroatoms. The summed E-state index contributed by atoms with van der Waals surface area (Å²) in [6, 6.07) is 1.40. The second-order valence-corrected chi connectivity index (χ2v) is 6.07. The maximum Gasteiger partial charge on any atom is 0.239 e. The van der Waals surface area contributed by atoms with Gasteiger partial charge in [-0.25, -0.2) is 0 Å².